The summed E-state index contributed by atoms with van der Waals surface area (Å²) in [5, 5.41) is 1.95. The van der Waals surface area contributed by atoms with E-state index in [1.54, 1.807) is 17.4 Å². The summed E-state index contributed by atoms with van der Waals surface area (Å²) in [6, 6.07) is 3.85. The first-order valence-corrected chi connectivity index (χ1v) is 6.80. The molecule has 0 aliphatic rings. The number of amides is 2. The van der Waals surface area contributed by atoms with Gasteiger partial charge in [-0.15, -0.1) is 11.3 Å². The third-order valence-electron chi connectivity index (χ3n) is 2.37. The fourth-order valence-corrected chi connectivity index (χ4v) is 2.07. The standard InChI is InChI=1S/C13H18N2O2S/c1-2-3-8-15(10-12(14)16)13(17)7-6-11-5-4-9-18-11/h4-7,9H,2-3,8,10H2,1H3,(H2,14,16)/b7-6-. The van der Waals surface area contributed by atoms with Crippen LogP contribution in [0.25, 0.3) is 6.08 Å². The van der Waals surface area contributed by atoms with Crippen molar-refractivity contribution in [2.24, 2.45) is 5.73 Å². The Morgan fingerprint density at radius 3 is 2.83 bits per heavy atom. The van der Waals surface area contributed by atoms with Crippen LogP contribution >= 0.6 is 11.3 Å². The molecule has 0 spiro atoms. The second-order valence-electron chi connectivity index (χ2n) is 3.93. The van der Waals surface area contributed by atoms with Gasteiger partial charge in [-0.3, -0.25) is 9.59 Å². The molecule has 98 valence electrons. The largest absolute Gasteiger partial charge is 0.368 e. The van der Waals surface area contributed by atoms with Crippen molar-refractivity contribution in [1.29, 1.82) is 0 Å². The number of thiophene rings is 1. The zero-order valence-corrected chi connectivity index (χ0v) is 11.3. The number of unbranched alkanes of at least 4 members (excludes halogenated alkanes) is 1. The summed E-state index contributed by atoms with van der Waals surface area (Å²) in [7, 11) is 0. The third kappa shape index (κ3) is 5.14. The number of hydrogen-bond acceptors (Lipinski definition) is 3. The molecule has 0 bridgehead atoms. The van der Waals surface area contributed by atoms with Gasteiger partial charge >= 0.3 is 0 Å². The van der Waals surface area contributed by atoms with Crippen LogP contribution in [0.4, 0.5) is 0 Å². The van der Waals surface area contributed by atoms with Gasteiger partial charge in [-0.05, 0) is 23.9 Å². The molecule has 5 heteroatoms. The molecule has 0 radical (unpaired) electrons. The van der Waals surface area contributed by atoms with Gasteiger partial charge in [0.25, 0.3) is 0 Å². The summed E-state index contributed by atoms with van der Waals surface area (Å²) < 4.78 is 0. The summed E-state index contributed by atoms with van der Waals surface area (Å²) in [5.74, 6) is -0.653. The van der Waals surface area contributed by atoms with E-state index >= 15 is 0 Å². The average Bonchev–Trinajstić information content (AvgIpc) is 2.84. The molecule has 4 nitrogen and oxygen atoms in total. The Morgan fingerprint density at radius 1 is 1.50 bits per heavy atom. The highest BCUT2D eigenvalue weighted by atomic mass is 32.1. The van der Waals surface area contributed by atoms with Gasteiger partial charge < -0.3 is 10.6 Å². The van der Waals surface area contributed by atoms with E-state index in [4.69, 9.17) is 5.73 Å². The van der Waals surface area contributed by atoms with Gasteiger partial charge in [-0.2, -0.15) is 0 Å². The highest BCUT2D eigenvalue weighted by Crippen LogP contribution is 2.10. The molecule has 0 unspecified atom stereocenters. The van der Waals surface area contributed by atoms with Crippen LogP contribution in [0.3, 0.4) is 0 Å². The van der Waals surface area contributed by atoms with E-state index in [9.17, 15) is 9.59 Å². The maximum atomic E-state index is 11.9. The third-order valence-corrected chi connectivity index (χ3v) is 3.21. The Labute approximate surface area is 111 Å². The normalized spacial score (nSPS) is 10.7. The molecule has 0 aliphatic carbocycles. The highest BCUT2D eigenvalue weighted by Gasteiger charge is 2.12. The zero-order chi connectivity index (χ0) is 13.4. The van der Waals surface area contributed by atoms with E-state index in [1.807, 2.05) is 24.4 Å². The predicted octanol–water partition coefficient (Wildman–Crippen LogP) is 1.88. The lowest BCUT2D eigenvalue weighted by atomic mass is 10.3. The van der Waals surface area contributed by atoms with Gasteiger partial charge in [0.15, 0.2) is 0 Å². The maximum Gasteiger partial charge on any atom is 0.247 e. The minimum absolute atomic E-state index is 0.0202. The smallest absolute Gasteiger partial charge is 0.247 e. The molecule has 1 aromatic rings. The van der Waals surface area contributed by atoms with Crippen LogP contribution in [0.15, 0.2) is 23.6 Å². The maximum absolute atomic E-state index is 11.9. The van der Waals surface area contributed by atoms with Crippen molar-refractivity contribution in [3.63, 3.8) is 0 Å². The molecule has 2 amide bonds. The van der Waals surface area contributed by atoms with Crippen LogP contribution in [0.2, 0.25) is 0 Å². The van der Waals surface area contributed by atoms with Crippen LogP contribution in [-0.2, 0) is 9.59 Å². The van der Waals surface area contributed by atoms with E-state index in [1.165, 1.54) is 11.0 Å². The van der Waals surface area contributed by atoms with Gasteiger partial charge in [0, 0.05) is 17.5 Å². The molecule has 1 rings (SSSR count). The first kappa shape index (κ1) is 14.4. The van der Waals surface area contributed by atoms with Crippen LogP contribution in [0, 0.1) is 0 Å². The summed E-state index contributed by atoms with van der Waals surface area (Å²) in [6.45, 7) is 2.58. The Morgan fingerprint density at radius 2 is 2.28 bits per heavy atom. The zero-order valence-electron chi connectivity index (χ0n) is 10.5. The van der Waals surface area contributed by atoms with Crippen molar-refractivity contribution in [3.8, 4) is 0 Å². The molecule has 0 aliphatic heterocycles. The van der Waals surface area contributed by atoms with E-state index in [-0.39, 0.29) is 12.5 Å². The lowest BCUT2D eigenvalue weighted by Gasteiger charge is -2.18. The van der Waals surface area contributed by atoms with E-state index in [0.29, 0.717) is 6.54 Å². The lowest BCUT2D eigenvalue weighted by molar-refractivity contribution is -0.131. The number of primary amides is 1. The number of hydrogen-bond donors (Lipinski definition) is 1. The first-order valence-electron chi connectivity index (χ1n) is 5.92. The van der Waals surface area contributed by atoms with Crippen molar-refractivity contribution >= 4 is 29.2 Å². The van der Waals surface area contributed by atoms with Gasteiger partial charge in [-0.25, -0.2) is 0 Å². The Balaban J connectivity index is 2.60. The van der Waals surface area contributed by atoms with Crippen LogP contribution in [0.1, 0.15) is 24.6 Å². The molecule has 0 saturated carbocycles. The predicted molar refractivity (Wildman–Crippen MR) is 74.0 cm³/mol. The molecule has 1 aromatic heterocycles. The number of nitrogens with zero attached hydrogens (tertiary/aromatic N) is 1. The minimum Gasteiger partial charge on any atom is -0.368 e. The number of rotatable bonds is 7. The van der Waals surface area contributed by atoms with Crippen molar-refractivity contribution in [1.82, 2.24) is 4.90 Å². The Hall–Kier alpha value is -1.62. The monoisotopic (exact) mass is 266 g/mol. The van der Waals surface area contributed by atoms with Gasteiger partial charge in [0.2, 0.25) is 11.8 Å². The lowest BCUT2D eigenvalue weighted by Crippen LogP contribution is -2.38. The van der Waals surface area contributed by atoms with E-state index in [2.05, 4.69) is 0 Å². The van der Waals surface area contributed by atoms with Crippen molar-refractivity contribution in [2.45, 2.75) is 19.8 Å². The molecule has 0 saturated heterocycles. The van der Waals surface area contributed by atoms with Crippen molar-refractivity contribution < 1.29 is 9.59 Å². The second kappa shape index (κ2) is 7.66. The van der Waals surface area contributed by atoms with Gasteiger partial charge in [0.1, 0.15) is 0 Å². The molecule has 18 heavy (non-hydrogen) atoms. The SMILES string of the molecule is CCCCN(CC(N)=O)C(=O)/C=C\c1cccs1. The molecule has 0 atom stereocenters. The van der Waals surface area contributed by atoms with Gasteiger partial charge in [0.05, 0.1) is 6.54 Å². The minimum atomic E-state index is -0.482. The fourth-order valence-electron chi connectivity index (χ4n) is 1.45. The first-order chi connectivity index (χ1) is 8.63. The molecule has 0 aromatic carbocycles. The number of carbonyl (C=O) groups excluding carboxylic acids is 2. The average molecular weight is 266 g/mol. The van der Waals surface area contributed by atoms with Crippen LogP contribution in [-0.4, -0.2) is 29.8 Å². The van der Waals surface area contributed by atoms with Crippen LogP contribution < -0.4 is 5.73 Å². The van der Waals surface area contributed by atoms with Crippen molar-refractivity contribution in [2.75, 3.05) is 13.1 Å². The summed E-state index contributed by atoms with van der Waals surface area (Å²) >= 11 is 1.56. The summed E-state index contributed by atoms with van der Waals surface area (Å²) in [5.41, 5.74) is 5.14. The van der Waals surface area contributed by atoms with Crippen molar-refractivity contribution in [3.05, 3.63) is 28.5 Å². The van der Waals surface area contributed by atoms with Crippen LogP contribution in [0.5, 0.6) is 0 Å². The second-order valence-corrected chi connectivity index (χ2v) is 4.91. The molecule has 0 fully saturated rings. The van der Waals surface area contributed by atoms with Gasteiger partial charge in [-0.1, -0.05) is 19.4 Å². The molecular weight excluding hydrogens is 248 g/mol. The van der Waals surface area contributed by atoms with E-state index in [0.717, 1.165) is 17.7 Å². The number of nitrogens with two attached hydrogens (primary N) is 1. The molecule has 1 heterocycles. The highest BCUT2D eigenvalue weighted by molar-refractivity contribution is 7.10. The Bertz CT molecular complexity index is 413. The summed E-state index contributed by atoms with van der Waals surface area (Å²) in [6.07, 6.45) is 5.08. The molecule has 2 N–H and O–H groups in total. The number of carbonyl (C=O) groups is 2. The quantitative estimate of drug-likeness (QED) is 0.766. The summed E-state index contributed by atoms with van der Waals surface area (Å²) in [4.78, 5) is 25.3. The van der Waals surface area contributed by atoms with E-state index < -0.39 is 5.91 Å². The Kier molecular flexibility index (Phi) is 6.14. The molecular formula is C13H18N2O2S. The topological polar surface area (TPSA) is 63.4 Å². The fraction of sp³-hybridized carbons (Fsp3) is 0.385.